The molecule has 1 rings (SSSR count). The molecule has 0 bridgehead atoms. The lowest BCUT2D eigenvalue weighted by atomic mass is 10.1. The van der Waals surface area contributed by atoms with Crippen LogP contribution in [0.15, 0.2) is 18.2 Å². The molecule has 1 aromatic rings. The highest BCUT2D eigenvalue weighted by atomic mass is 16.5. The van der Waals surface area contributed by atoms with Crippen molar-refractivity contribution in [2.45, 2.75) is 33.7 Å². The Morgan fingerprint density at radius 1 is 0.893 bits per heavy atom. The van der Waals surface area contributed by atoms with Crippen LogP contribution >= 0.6 is 0 Å². The normalized spacial score (nSPS) is 10.2. The zero-order chi connectivity index (χ0) is 21.1. The molecule has 0 radical (unpaired) electrons. The topological polar surface area (TPSA) is 120 Å². The summed E-state index contributed by atoms with van der Waals surface area (Å²) >= 11 is 0. The molecule has 2 N–H and O–H groups in total. The fourth-order valence-electron chi connectivity index (χ4n) is 2.10. The van der Waals surface area contributed by atoms with Gasteiger partial charge in [-0.05, 0) is 45.9 Å². The molecular formula is C19H26N2O7. The van der Waals surface area contributed by atoms with E-state index in [4.69, 9.17) is 14.2 Å². The first kappa shape index (κ1) is 22.9. The number of esters is 2. The fourth-order valence-corrected chi connectivity index (χ4v) is 2.10. The van der Waals surface area contributed by atoms with Crippen molar-refractivity contribution in [1.29, 1.82) is 0 Å². The monoisotopic (exact) mass is 394 g/mol. The van der Waals surface area contributed by atoms with Gasteiger partial charge in [-0.1, -0.05) is 0 Å². The van der Waals surface area contributed by atoms with Gasteiger partial charge in [0.05, 0.1) is 30.9 Å². The van der Waals surface area contributed by atoms with Gasteiger partial charge in [0.25, 0.3) is 5.91 Å². The van der Waals surface area contributed by atoms with Crippen LogP contribution in [0.5, 0.6) is 5.75 Å². The van der Waals surface area contributed by atoms with Gasteiger partial charge in [-0.2, -0.15) is 0 Å². The maximum absolute atomic E-state index is 12.0. The Balaban J connectivity index is 2.79. The van der Waals surface area contributed by atoms with Gasteiger partial charge in [-0.15, -0.1) is 0 Å². The molecule has 0 aliphatic rings. The Labute approximate surface area is 163 Å². The molecular weight excluding hydrogens is 368 g/mol. The van der Waals surface area contributed by atoms with E-state index in [0.29, 0.717) is 0 Å². The largest absolute Gasteiger partial charge is 0.484 e. The van der Waals surface area contributed by atoms with E-state index in [-0.39, 0.29) is 48.6 Å². The van der Waals surface area contributed by atoms with Gasteiger partial charge in [0.15, 0.2) is 6.61 Å². The Kier molecular flexibility index (Phi) is 9.49. The van der Waals surface area contributed by atoms with E-state index in [1.807, 2.05) is 0 Å². The minimum Gasteiger partial charge on any atom is -0.484 e. The summed E-state index contributed by atoms with van der Waals surface area (Å²) in [7, 11) is 0. The Morgan fingerprint density at radius 2 is 1.43 bits per heavy atom. The van der Waals surface area contributed by atoms with Crippen molar-refractivity contribution in [3.63, 3.8) is 0 Å². The van der Waals surface area contributed by atoms with Crippen LogP contribution in [-0.4, -0.2) is 56.2 Å². The van der Waals surface area contributed by atoms with Crippen molar-refractivity contribution < 1.29 is 33.4 Å². The predicted octanol–water partition coefficient (Wildman–Crippen LogP) is 1.06. The summed E-state index contributed by atoms with van der Waals surface area (Å²) in [5.41, 5.74) is 0.193. The zero-order valence-electron chi connectivity index (χ0n) is 16.5. The first-order valence-electron chi connectivity index (χ1n) is 8.95. The molecule has 0 aromatic heterocycles. The van der Waals surface area contributed by atoms with Crippen LogP contribution < -0.4 is 15.4 Å². The van der Waals surface area contributed by atoms with Crippen molar-refractivity contribution in [3.8, 4) is 5.75 Å². The third kappa shape index (κ3) is 8.07. The average molecular weight is 394 g/mol. The number of hydrogen-bond donors (Lipinski definition) is 2. The van der Waals surface area contributed by atoms with E-state index < -0.39 is 24.5 Å². The summed E-state index contributed by atoms with van der Waals surface area (Å²) in [6.07, 6.45) is 0. The molecule has 2 amide bonds. The minimum absolute atomic E-state index is 0.0347. The third-order valence-corrected chi connectivity index (χ3v) is 3.19. The number of amides is 2. The van der Waals surface area contributed by atoms with Crippen LogP contribution in [0.2, 0.25) is 0 Å². The van der Waals surface area contributed by atoms with E-state index in [1.165, 1.54) is 18.2 Å². The first-order valence-corrected chi connectivity index (χ1v) is 8.95. The highest BCUT2D eigenvalue weighted by Gasteiger charge is 2.16. The maximum Gasteiger partial charge on any atom is 0.338 e. The molecule has 9 heteroatoms. The van der Waals surface area contributed by atoms with Crippen LogP contribution in [0.1, 0.15) is 48.4 Å². The van der Waals surface area contributed by atoms with E-state index in [9.17, 15) is 19.2 Å². The lowest BCUT2D eigenvalue weighted by molar-refractivity contribution is -0.127. The summed E-state index contributed by atoms with van der Waals surface area (Å²) in [5, 5.41) is 5.05. The van der Waals surface area contributed by atoms with Crippen LogP contribution in [0.25, 0.3) is 0 Å². The standard InChI is InChI=1S/C19H26N2O7/c1-5-26-18(24)13-7-14(19(25)27-6-2)9-15(8-13)28-11-17(23)20-10-16(22)21-12(3)4/h7-9,12H,5-6,10-11H2,1-4H3,(H,20,23)(H,21,22). The van der Waals surface area contributed by atoms with E-state index in [2.05, 4.69) is 10.6 Å². The number of hydrogen-bond acceptors (Lipinski definition) is 7. The van der Waals surface area contributed by atoms with Crippen molar-refractivity contribution in [3.05, 3.63) is 29.3 Å². The molecule has 0 spiro atoms. The van der Waals surface area contributed by atoms with Gasteiger partial charge < -0.3 is 24.8 Å². The quantitative estimate of drug-likeness (QED) is 0.569. The van der Waals surface area contributed by atoms with Crippen molar-refractivity contribution in [1.82, 2.24) is 10.6 Å². The number of benzene rings is 1. The second kappa shape index (κ2) is 11.6. The third-order valence-electron chi connectivity index (χ3n) is 3.19. The van der Waals surface area contributed by atoms with Crippen molar-refractivity contribution in [2.24, 2.45) is 0 Å². The van der Waals surface area contributed by atoms with Crippen molar-refractivity contribution in [2.75, 3.05) is 26.4 Å². The molecule has 0 unspecified atom stereocenters. The highest BCUT2D eigenvalue weighted by Crippen LogP contribution is 2.19. The van der Waals surface area contributed by atoms with E-state index in [1.54, 1.807) is 27.7 Å². The molecule has 0 aliphatic carbocycles. The molecule has 0 fully saturated rings. The maximum atomic E-state index is 12.0. The summed E-state index contributed by atoms with van der Waals surface area (Å²) < 4.78 is 15.2. The summed E-state index contributed by atoms with van der Waals surface area (Å²) in [6.45, 7) is 6.68. The summed E-state index contributed by atoms with van der Waals surface area (Å²) in [6, 6.07) is 4.02. The van der Waals surface area contributed by atoms with Crippen LogP contribution in [0.3, 0.4) is 0 Å². The van der Waals surface area contributed by atoms with E-state index >= 15 is 0 Å². The van der Waals surface area contributed by atoms with Gasteiger partial charge in [0.2, 0.25) is 5.91 Å². The Morgan fingerprint density at radius 3 is 1.89 bits per heavy atom. The molecule has 0 heterocycles. The predicted molar refractivity (Wildman–Crippen MR) is 100 cm³/mol. The lowest BCUT2D eigenvalue weighted by Crippen LogP contribution is -2.41. The minimum atomic E-state index is -0.631. The molecule has 0 saturated carbocycles. The lowest BCUT2D eigenvalue weighted by Gasteiger charge is -2.12. The molecule has 0 atom stereocenters. The SMILES string of the molecule is CCOC(=O)c1cc(OCC(=O)NCC(=O)NC(C)C)cc(C(=O)OCC)c1. The second-order valence-electron chi connectivity index (χ2n) is 5.97. The fraction of sp³-hybridized carbons (Fsp3) is 0.474. The second-order valence-corrected chi connectivity index (χ2v) is 5.97. The number of nitrogens with one attached hydrogen (secondary N) is 2. The first-order chi connectivity index (χ1) is 13.3. The number of rotatable bonds is 10. The molecule has 28 heavy (non-hydrogen) atoms. The smallest absolute Gasteiger partial charge is 0.338 e. The average Bonchev–Trinajstić information content (AvgIpc) is 2.64. The number of ether oxygens (including phenoxy) is 3. The zero-order valence-corrected chi connectivity index (χ0v) is 16.5. The van der Waals surface area contributed by atoms with Crippen LogP contribution in [-0.2, 0) is 19.1 Å². The van der Waals surface area contributed by atoms with Crippen molar-refractivity contribution >= 4 is 23.8 Å². The van der Waals surface area contributed by atoms with Crippen LogP contribution in [0.4, 0.5) is 0 Å². The molecule has 154 valence electrons. The van der Waals surface area contributed by atoms with Gasteiger partial charge in [-0.3, -0.25) is 9.59 Å². The molecule has 1 aromatic carbocycles. The molecule has 9 nitrogen and oxygen atoms in total. The molecule has 0 aliphatic heterocycles. The highest BCUT2D eigenvalue weighted by molar-refractivity contribution is 5.96. The Bertz CT molecular complexity index is 680. The van der Waals surface area contributed by atoms with Gasteiger partial charge in [0, 0.05) is 6.04 Å². The number of carbonyl (C=O) groups is 4. The Hall–Kier alpha value is -3.10. The van der Waals surface area contributed by atoms with Gasteiger partial charge in [0.1, 0.15) is 5.75 Å². The molecule has 0 saturated heterocycles. The van der Waals surface area contributed by atoms with Crippen LogP contribution in [0, 0.1) is 0 Å². The van der Waals surface area contributed by atoms with Gasteiger partial charge in [-0.25, -0.2) is 9.59 Å². The van der Waals surface area contributed by atoms with Gasteiger partial charge >= 0.3 is 11.9 Å². The number of carbonyl (C=O) groups excluding carboxylic acids is 4. The summed E-state index contributed by atoms with van der Waals surface area (Å²) in [5.74, 6) is -1.99. The van der Waals surface area contributed by atoms with E-state index in [0.717, 1.165) is 0 Å². The summed E-state index contributed by atoms with van der Waals surface area (Å²) in [4.78, 5) is 47.3.